The van der Waals surface area contributed by atoms with Crippen LogP contribution in [0.2, 0.25) is 0 Å². The first-order valence-corrected chi connectivity index (χ1v) is 8.35. The molecule has 0 atom stereocenters. The summed E-state index contributed by atoms with van der Waals surface area (Å²) in [7, 11) is 0. The number of aromatic nitrogens is 1. The summed E-state index contributed by atoms with van der Waals surface area (Å²) >= 11 is 3.26. The predicted molar refractivity (Wildman–Crippen MR) is 87.2 cm³/mol. The Kier molecular flexibility index (Phi) is 3.89. The molecule has 2 fully saturated rings. The van der Waals surface area contributed by atoms with E-state index in [4.69, 9.17) is 4.74 Å². The summed E-state index contributed by atoms with van der Waals surface area (Å²) < 4.78 is 6.97. The van der Waals surface area contributed by atoms with Gasteiger partial charge in [-0.25, -0.2) is 4.98 Å². The van der Waals surface area contributed by atoms with Gasteiger partial charge in [-0.05, 0) is 42.6 Å². The number of hydrogen-bond donors (Lipinski definition) is 0. The van der Waals surface area contributed by atoms with Crippen LogP contribution in [-0.2, 0) is 4.74 Å². The third-order valence-corrected chi connectivity index (χ3v) is 4.80. The van der Waals surface area contributed by atoms with Gasteiger partial charge in [-0.1, -0.05) is 12.8 Å². The van der Waals surface area contributed by atoms with Gasteiger partial charge in [-0.2, -0.15) is 0 Å². The van der Waals surface area contributed by atoms with Gasteiger partial charge in [0.25, 0.3) is 0 Å². The lowest BCUT2D eigenvalue weighted by atomic mass is 9.94. The van der Waals surface area contributed by atoms with Gasteiger partial charge < -0.3 is 9.64 Å². The number of morpholine rings is 1. The highest BCUT2D eigenvalue weighted by molar-refractivity contribution is 9.10. The maximum atomic E-state index is 11.4. The lowest BCUT2D eigenvalue weighted by Gasteiger charge is -2.49. The van der Waals surface area contributed by atoms with E-state index >= 15 is 0 Å². The fourth-order valence-corrected chi connectivity index (χ4v) is 4.06. The van der Waals surface area contributed by atoms with Crippen molar-refractivity contribution in [3.8, 4) is 0 Å². The van der Waals surface area contributed by atoms with Crippen LogP contribution in [0.3, 0.4) is 0 Å². The van der Waals surface area contributed by atoms with Gasteiger partial charge in [0.1, 0.15) is 0 Å². The average molecular weight is 370 g/mol. The molecule has 1 aromatic rings. The molecule has 7 heteroatoms. The van der Waals surface area contributed by atoms with Gasteiger partial charge in [-0.3, -0.25) is 10.1 Å². The maximum absolute atomic E-state index is 11.4. The van der Waals surface area contributed by atoms with Crippen molar-refractivity contribution in [2.75, 3.05) is 18.0 Å². The van der Waals surface area contributed by atoms with Crippen molar-refractivity contribution in [2.45, 2.75) is 50.7 Å². The largest absolute Gasteiger partial charge is 0.365 e. The van der Waals surface area contributed by atoms with Gasteiger partial charge in [-0.15, -0.1) is 0 Å². The fourth-order valence-electron chi connectivity index (χ4n) is 3.74. The second-order valence-electron chi connectivity index (χ2n) is 6.86. The topological polar surface area (TPSA) is 68.5 Å². The zero-order valence-electron chi connectivity index (χ0n) is 12.8. The molecule has 0 bridgehead atoms. The summed E-state index contributed by atoms with van der Waals surface area (Å²) in [6.07, 6.45) is 5.94. The second-order valence-corrected chi connectivity index (χ2v) is 7.78. The first-order valence-electron chi connectivity index (χ1n) is 7.55. The molecule has 22 heavy (non-hydrogen) atoms. The highest BCUT2D eigenvalue weighted by Gasteiger charge is 2.47. The monoisotopic (exact) mass is 369 g/mol. The van der Waals surface area contributed by atoms with Crippen molar-refractivity contribution in [3.05, 3.63) is 26.9 Å². The predicted octanol–water partition coefficient (Wildman–Crippen LogP) is 3.68. The molecular weight excluding hydrogens is 350 g/mol. The molecular formula is C15H20BrN3O3. The number of anilines is 1. The number of hydrogen-bond acceptors (Lipinski definition) is 5. The normalized spacial score (nSPS) is 23.0. The van der Waals surface area contributed by atoms with Crippen molar-refractivity contribution in [1.82, 2.24) is 4.98 Å². The van der Waals surface area contributed by atoms with Crippen LogP contribution >= 0.6 is 15.9 Å². The average Bonchev–Trinajstić information content (AvgIpc) is 2.83. The minimum atomic E-state index is -0.364. The molecule has 1 aromatic heterocycles. The van der Waals surface area contributed by atoms with Crippen molar-refractivity contribution in [2.24, 2.45) is 0 Å². The number of ether oxygens (including phenoxy) is 1. The van der Waals surface area contributed by atoms with Crippen LogP contribution in [0, 0.1) is 10.1 Å². The van der Waals surface area contributed by atoms with E-state index in [1.807, 2.05) is 18.7 Å². The SMILES string of the molecule is CC1(C)CN(c2ncc(Br)cc2[N+](=O)[O-])CC2(CCCC2)O1. The molecule has 1 aliphatic heterocycles. The Labute approximate surface area is 138 Å². The van der Waals surface area contributed by atoms with Crippen LogP contribution in [0.15, 0.2) is 16.7 Å². The number of rotatable bonds is 2. The quantitative estimate of drug-likeness (QED) is 0.587. The number of pyridine rings is 1. The standard InChI is InChI=1S/C15H20BrN3O3/c1-14(2)9-18(10-15(22-14)5-3-4-6-15)13-12(19(20)21)7-11(16)8-17-13/h7-8H,3-6,9-10H2,1-2H3. The highest BCUT2D eigenvalue weighted by atomic mass is 79.9. The van der Waals surface area contributed by atoms with Gasteiger partial charge in [0, 0.05) is 29.8 Å². The van der Waals surface area contributed by atoms with Crippen molar-refractivity contribution in [3.63, 3.8) is 0 Å². The second kappa shape index (κ2) is 5.45. The first kappa shape index (κ1) is 15.7. The van der Waals surface area contributed by atoms with Gasteiger partial charge >= 0.3 is 5.69 Å². The third kappa shape index (κ3) is 2.96. The Morgan fingerprint density at radius 1 is 1.36 bits per heavy atom. The molecule has 0 unspecified atom stereocenters. The van der Waals surface area contributed by atoms with Crippen molar-refractivity contribution < 1.29 is 9.66 Å². The van der Waals surface area contributed by atoms with E-state index < -0.39 is 0 Å². The van der Waals surface area contributed by atoms with Crippen molar-refractivity contribution >= 4 is 27.4 Å². The Morgan fingerprint density at radius 2 is 2.05 bits per heavy atom. The minimum Gasteiger partial charge on any atom is -0.365 e. The Morgan fingerprint density at radius 3 is 2.68 bits per heavy atom. The molecule has 1 saturated carbocycles. The van der Waals surface area contributed by atoms with E-state index in [1.165, 1.54) is 6.07 Å². The summed E-state index contributed by atoms with van der Waals surface area (Å²) in [6, 6.07) is 1.52. The van der Waals surface area contributed by atoms with Crippen LogP contribution in [-0.4, -0.2) is 34.2 Å². The smallest absolute Gasteiger partial charge is 0.312 e. The number of nitro groups is 1. The Hall–Kier alpha value is -1.21. The van der Waals surface area contributed by atoms with Crippen LogP contribution in [0.4, 0.5) is 11.5 Å². The zero-order chi connectivity index (χ0) is 16.0. The van der Waals surface area contributed by atoms with E-state index in [0.29, 0.717) is 23.4 Å². The molecule has 0 radical (unpaired) electrons. The molecule has 120 valence electrons. The van der Waals surface area contributed by atoms with E-state index in [1.54, 1.807) is 6.20 Å². The highest BCUT2D eigenvalue weighted by Crippen LogP contribution is 2.43. The summed E-state index contributed by atoms with van der Waals surface area (Å²) in [5.74, 6) is 0.441. The summed E-state index contributed by atoms with van der Waals surface area (Å²) in [6.45, 7) is 5.37. The maximum Gasteiger partial charge on any atom is 0.312 e. The molecule has 1 saturated heterocycles. The lowest BCUT2D eigenvalue weighted by Crippen LogP contribution is -2.59. The third-order valence-electron chi connectivity index (χ3n) is 4.37. The van der Waals surface area contributed by atoms with E-state index in [9.17, 15) is 10.1 Å². The van der Waals surface area contributed by atoms with Gasteiger partial charge in [0.2, 0.25) is 5.82 Å². The first-order chi connectivity index (χ1) is 10.3. The van der Waals surface area contributed by atoms with E-state index in [0.717, 1.165) is 25.7 Å². The summed E-state index contributed by atoms with van der Waals surface area (Å²) in [5.41, 5.74) is -0.490. The minimum absolute atomic E-state index is 0.0419. The van der Waals surface area contributed by atoms with Crippen LogP contribution in [0.25, 0.3) is 0 Å². The lowest BCUT2D eigenvalue weighted by molar-refractivity contribution is -0.384. The summed E-state index contributed by atoms with van der Waals surface area (Å²) in [5, 5.41) is 11.4. The molecule has 1 spiro atoms. The Bertz CT molecular complexity index is 600. The van der Waals surface area contributed by atoms with E-state index in [-0.39, 0.29) is 21.8 Å². The molecule has 1 aliphatic carbocycles. The molecule has 0 N–H and O–H groups in total. The van der Waals surface area contributed by atoms with Gasteiger partial charge in [0.15, 0.2) is 0 Å². The molecule has 2 heterocycles. The van der Waals surface area contributed by atoms with Crippen LogP contribution in [0.1, 0.15) is 39.5 Å². The summed E-state index contributed by atoms with van der Waals surface area (Å²) in [4.78, 5) is 17.4. The Balaban J connectivity index is 1.98. The molecule has 0 amide bonds. The van der Waals surface area contributed by atoms with Crippen LogP contribution in [0.5, 0.6) is 0 Å². The molecule has 6 nitrogen and oxygen atoms in total. The molecule has 2 aliphatic rings. The van der Waals surface area contributed by atoms with Crippen LogP contribution < -0.4 is 4.90 Å². The molecule has 3 rings (SSSR count). The fraction of sp³-hybridized carbons (Fsp3) is 0.667. The number of nitrogens with zero attached hydrogens (tertiary/aromatic N) is 3. The molecule has 0 aromatic carbocycles. The number of halogens is 1. The van der Waals surface area contributed by atoms with Gasteiger partial charge in [0.05, 0.1) is 16.1 Å². The van der Waals surface area contributed by atoms with E-state index in [2.05, 4.69) is 20.9 Å². The zero-order valence-corrected chi connectivity index (χ0v) is 14.4. The van der Waals surface area contributed by atoms with Crippen molar-refractivity contribution in [1.29, 1.82) is 0 Å².